The van der Waals surface area contributed by atoms with E-state index >= 15 is 0 Å². The SMILES string of the molecule is Cn1cc(-c2cnc(N)c(C#Cc3ccc(F)cc3C(=O)NCc3ccsc3)c2)cn1. The van der Waals surface area contributed by atoms with Gasteiger partial charge in [0.15, 0.2) is 0 Å². The van der Waals surface area contributed by atoms with Gasteiger partial charge in [0.2, 0.25) is 0 Å². The third kappa shape index (κ3) is 4.79. The fourth-order valence-corrected chi connectivity index (χ4v) is 3.59. The van der Waals surface area contributed by atoms with Gasteiger partial charge in [-0.25, -0.2) is 9.37 Å². The molecule has 31 heavy (non-hydrogen) atoms. The van der Waals surface area contributed by atoms with Crippen molar-refractivity contribution in [3.8, 4) is 23.0 Å². The molecular weight excluding hydrogens is 413 g/mol. The van der Waals surface area contributed by atoms with Crippen LogP contribution in [0.4, 0.5) is 10.2 Å². The zero-order valence-electron chi connectivity index (χ0n) is 16.6. The Hall–Kier alpha value is -3.96. The number of nitrogens with zero attached hydrogens (tertiary/aromatic N) is 3. The molecule has 3 heterocycles. The van der Waals surface area contributed by atoms with Gasteiger partial charge in [-0.15, -0.1) is 0 Å². The van der Waals surface area contributed by atoms with Crippen molar-refractivity contribution in [1.29, 1.82) is 0 Å². The van der Waals surface area contributed by atoms with E-state index in [1.807, 2.05) is 36.1 Å². The van der Waals surface area contributed by atoms with E-state index in [0.29, 0.717) is 17.7 Å². The minimum absolute atomic E-state index is 0.165. The molecular formula is C23H18FN5OS. The van der Waals surface area contributed by atoms with Crippen LogP contribution in [0.25, 0.3) is 11.1 Å². The number of carbonyl (C=O) groups is 1. The molecule has 4 rings (SSSR count). The maximum absolute atomic E-state index is 13.8. The highest BCUT2D eigenvalue weighted by molar-refractivity contribution is 7.07. The monoisotopic (exact) mass is 431 g/mol. The minimum atomic E-state index is -0.508. The van der Waals surface area contributed by atoms with Crippen LogP contribution < -0.4 is 11.1 Å². The molecule has 0 aliphatic heterocycles. The zero-order chi connectivity index (χ0) is 21.8. The third-order valence-corrected chi connectivity index (χ3v) is 5.28. The molecule has 1 aromatic carbocycles. The molecule has 0 saturated heterocycles. The Kier molecular flexibility index (Phi) is 5.78. The molecule has 0 spiro atoms. The number of aromatic nitrogens is 3. The first kappa shape index (κ1) is 20.3. The maximum atomic E-state index is 13.8. The van der Waals surface area contributed by atoms with E-state index in [1.165, 1.54) is 18.2 Å². The molecule has 1 amide bonds. The number of nitrogens with two attached hydrogens (primary N) is 1. The Morgan fingerprint density at radius 3 is 2.77 bits per heavy atom. The predicted molar refractivity (Wildman–Crippen MR) is 119 cm³/mol. The van der Waals surface area contributed by atoms with E-state index in [4.69, 9.17) is 5.73 Å². The van der Waals surface area contributed by atoms with Crippen LogP contribution in [0.1, 0.15) is 27.0 Å². The van der Waals surface area contributed by atoms with Crippen LogP contribution in [0.2, 0.25) is 0 Å². The molecule has 0 atom stereocenters. The van der Waals surface area contributed by atoms with Crippen LogP contribution in [0, 0.1) is 17.7 Å². The summed E-state index contributed by atoms with van der Waals surface area (Å²) >= 11 is 1.54. The Balaban J connectivity index is 1.62. The number of carbonyl (C=O) groups excluding carboxylic acids is 1. The van der Waals surface area contributed by atoms with Crippen LogP contribution in [0.3, 0.4) is 0 Å². The highest BCUT2D eigenvalue weighted by atomic mass is 32.1. The quantitative estimate of drug-likeness (QED) is 0.484. The van der Waals surface area contributed by atoms with Gasteiger partial charge in [0.1, 0.15) is 11.6 Å². The first-order valence-corrected chi connectivity index (χ1v) is 10.3. The largest absolute Gasteiger partial charge is 0.383 e. The number of amides is 1. The minimum Gasteiger partial charge on any atom is -0.383 e. The number of anilines is 1. The number of hydrogen-bond donors (Lipinski definition) is 2. The Morgan fingerprint density at radius 1 is 1.19 bits per heavy atom. The number of hydrogen-bond acceptors (Lipinski definition) is 5. The second-order valence-corrected chi connectivity index (χ2v) is 7.59. The lowest BCUT2D eigenvalue weighted by Gasteiger charge is -2.07. The zero-order valence-corrected chi connectivity index (χ0v) is 17.4. The van der Waals surface area contributed by atoms with Crippen molar-refractivity contribution < 1.29 is 9.18 Å². The van der Waals surface area contributed by atoms with Crippen LogP contribution in [0.15, 0.2) is 59.7 Å². The standard InChI is InChI=1S/C23H18FN5OS/c1-29-13-19(12-28-29)18-8-17(22(25)26-11-18)3-2-16-4-5-20(24)9-21(16)23(30)27-10-15-6-7-31-14-15/h4-9,11-14H,10H2,1H3,(H2,25,26)(H,27,30). The smallest absolute Gasteiger partial charge is 0.252 e. The average molecular weight is 431 g/mol. The molecule has 4 aromatic rings. The number of aryl methyl sites for hydroxylation is 1. The Bertz CT molecular complexity index is 1300. The molecule has 0 aliphatic rings. The highest BCUT2D eigenvalue weighted by Crippen LogP contribution is 2.21. The Morgan fingerprint density at radius 2 is 2.03 bits per heavy atom. The summed E-state index contributed by atoms with van der Waals surface area (Å²) in [5.74, 6) is 5.27. The fourth-order valence-electron chi connectivity index (χ4n) is 2.92. The summed E-state index contributed by atoms with van der Waals surface area (Å²) in [4.78, 5) is 16.9. The molecule has 154 valence electrons. The van der Waals surface area contributed by atoms with E-state index in [9.17, 15) is 9.18 Å². The lowest BCUT2D eigenvalue weighted by Crippen LogP contribution is -2.23. The summed E-state index contributed by atoms with van der Waals surface area (Å²) in [6.45, 7) is 0.357. The molecule has 8 heteroatoms. The van der Waals surface area contributed by atoms with E-state index in [2.05, 4.69) is 27.2 Å². The summed E-state index contributed by atoms with van der Waals surface area (Å²) in [6, 6.07) is 7.67. The fraction of sp³-hybridized carbons (Fsp3) is 0.0870. The summed E-state index contributed by atoms with van der Waals surface area (Å²) in [5, 5.41) is 10.8. The molecule has 0 bridgehead atoms. The number of thiophene rings is 1. The number of nitrogen functional groups attached to an aromatic ring is 1. The number of halogens is 1. The first-order valence-electron chi connectivity index (χ1n) is 9.35. The van der Waals surface area contributed by atoms with Crippen molar-refractivity contribution in [3.05, 3.63) is 87.8 Å². The van der Waals surface area contributed by atoms with Crippen molar-refractivity contribution in [1.82, 2.24) is 20.1 Å². The van der Waals surface area contributed by atoms with Gasteiger partial charge in [-0.1, -0.05) is 11.8 Å². The molecule has 0 unspecified atom stereocenters. The summed E-state index contributed by atoms with van der Waals surface area (Å²) in [5.41, 5.74) is 9.74. The van der Waals surface area contributed by atoms with Crippen LogP contribution >= 0.6 is 11.3 Å². The number of benzene rings is 1. The number of nitrogens with one attached hydrogen (secondary N) is 1. The highest BCUT2D eigenvalue weighted by Gasteiger charge is 2.12. The average Bonchev–Trinajstić information content (AvgIpc) is 3.44. The molecule has 0 radical (unpaired) electrons. The third-order valence-electron chi connectivity index (χ3n) is 4.55. The van der Waals surface area contributed by atoms with E-state index in [-0.39, 0.29) is 11.4 Å². The maximum Gasteiger partial charge on any atom is 0.252 e. The van der Waals surface area contributed by atoms with Gasteiger partial charge in [-0.05, 0) is 46.7 Å². The van der Waals surface area contributed by atoms with E-state index in [0.717, 1.165) is 16.7 Å². The normalized spacial score (nSPS) is 10.4. The molecule has 3 N–H and O–H groups in total. The second kappa shape index (κ2) is 8.81. The lowest BCUT2D eigenvalue weighted by atomic mass is 10.1. The van der Waals surface area contributed by atoms with Crippen molar-refractivity contribution in [2.24, 2.45) is 7.05 Å². The summed E-state index contributed by atoms with van der Waals surface area (Å²) in [7, 11) is 1.83. The van der Waals surface area contributed by atoms with Crippen molar-refractivity contribution in [3.63, 3.8) is 0 Å². The molecule has 6 nitrogen and oxygen atoms in total. The summed E-state index contributed by atoms with van der Waals surface area (Å²) < 4.78 is 15.5. The molecule has 3 aromatic heterocycles. The van der Waals surface area contributed by atoms with Gasteiger partial charge < -0.3 is 11.1 Å². The number of rotatable bonds is 4. The van der Waals surface area contributed by atoms with Gasteiger partial charge in [0, 0.05) is 42.7 Å². The second-order valence-electron chi connectivity index (χ2n) is 6.81. The lowest BCUT2D eigenvalue weighted by molar-refractivity contribution is 0.0950. The Labute approximate surface area is 182 Å². The van der Waals surface area contributed by atoms with Gasteiger partial charge in [-0.3, -0.25) is 9.48 Å². The van der Waals surface area contributed by atoms with Gasteiger partial charge in [0.05, 0.1) is 17.3 Å². The van der Waals surface area contributed by atoms with Crippen molar-refractivity contribution >= 4 is 23.1 Å². The molecule has 0 aliphatic carbocycles. The van der Waals surface area contributed by atoms with Crippen LogP contribution in [0.5, 0.6) is 0 Å². The van der Waals surface area contributed by atoms with Crippen molar-refractivity contribution in [2.45, 2.75) is 6.54 Å². The van der Waals surface area contributed by atoms with Gasteiger partial charge >= 0.3 is 0 Å². The van der Waals surface area contributed by atoms with Gasteiger partial charge in [0.25, 0.3) is 5.91 Å². The molecule has 0 saturated carbocycles. The molecule has 0 fully saturated rings. The first-order chi connectivity index (χ1) is 15.0. The van der Waals surface area contributed by atoms with Crippen LogP contribution in [-0.2, 0) is 13.6 Å². The predicted octanol–water partition coefficient (Wildman–Crippen LogP) is 3.59. The van der Waals surface area contributed by atoms with Crippen LogP contribution in [-0.4, -0.2) is 20.7 Å². The van der Waals surface area contributed by atoms with E-state index < -0.39 is 11.7 Å². The van der Waals surface area contributed by atoms with Gasteiger partial charge in [-0.2, -0.15) is 16.4 Å². The summed E-state index contributed by atoms with van der Waals surface area (Å²) in [6.07, 6.45) is 5.24. The number of pyridine rings is 1. The van der Waals surface area contributed by atoms with E-state index in [1.54, 1.807) is 28.4 Å². The van der Waals surface area contributed by atoms with Crippen molar-refractivity contribution in [2.75, 3.05) is 5.73 Å². The topological polar surface area (TPSA) is 85.8 Å².